The number of carbonyl (C=O) groups excluding carboxylic acids is 1. The average molecular weight is 336 g/mol. The second-order valence-electron chi connectivity index (χ2n) is 3.30. The molecule has 0 radical (unpaired) electrons. The summed E-state index contributed by atoms with van der Waals surface area (Å²) in [4.78, 5) is 11.2. The summed E-state index contributed by atoms with van der Waals surface area (Å²) in [5.74, 6) is 0.272. The predicted molar refractivity (Wildman–Crippen MR) is 67.7 cm³/mol. The SMILES string of the molecule is COC(=O)c1ccc(OCC(C)O)c(I)c1. The van der Waals surface area contributed by atoms with E-state index in [9.17, 15) is 4.79 Å². The van der Waals surface area contributed by atoms with Gasteiger partial charge in [0.2, 0.25) is 0 Å². The van der Waals surface area contributed by atoms with E-state index in [4.69, 9.17) is 9.84 Å². The largest absolute Gasteiger partial charge is 0.490 e. The molecule has 0 amide bonds. The minimum Gasteiger partial charge on any atom is -0.490 e. The third kappa shape index (κ3) is 3.64. The Balaban J connectivity index is 2.79. The van der Waals surface area contributed by atoms with Crippen molar-refractivity contribution >= 4 is 28.6 Å². The fourth-order valence-electron chi connectivity index (χ4n) is 1.07. The van der Waals surface area contributed by atoms with Crippen molar-refractivity contribution in [3.05, 3.63) is 27.3 Å². The topological polar surface area (TPSA) is 55.8 Å². The molecule has 1 atom stereocenters. The molecule has 0 aliphatic carbocycles. The summed E-state index contributed by atoms with van der Waals surface area (Å²) in [6.45, 7) is 1.88. The lowest BCUT2D eigenvalue weighted by Gasteiger charge is -2.10. The smallest absolute Gasteiger partial charge is 0.337 e. The number of carbonyl (C=O) groups is 1. The zero-order valence-electron chi connectivity index (χ0n) is 9.07. The number of hydrogen-bond donors (Lipinski definition) is 1. The van der Waals surface area contributed by atoms with Gasteiger partial charge in [0.1, 0.15) is 12.4 Å². The van der Waals surface area contributed by atoms with Crippen LogP contribution in [0.4, 0.5) is 0 Å². The van der Waals surface area contributed by atoms with Crippen molar-refractivity contribution in [1.29, 1.82) is 0 Å². The van der Waals surface area contributed by atoms with Crippen LogP contribution < -0.4 is 4.74 Å². The molecular formula is C11H13IO4. The van der Waals surface area contributed by atoms with Crippen molar-refractivity contribution in [2.24, 2.45) is 0 Å². The summed E-state index contributed by atoms with van der Waals surface area (Å²) >= 11 is 2.07. The minimum atomic E-state index is -0.518. The Morgan fingerprint density at radius 1 is 1.56 bits per heavy atom. The Bertz CT molecular complexity index is 376. The first kappa shape index (κ1) is 13.2. The number of methoxy groups -OCH3 is 1. The Morgan fingerprint density at radius 2 is 2.25 bits per heavy atom. The standard InChI is InChI=1S/C11H13IO4/c1-7(13)6-16-10-4-3-8(5-9(10)12)11(14)15-2/h3-5,7,13H,6H2,1-2H3. The number of rotatable bonds is 4. The second-order valence-corrected chi connectivity index (χ2v) is 4.46. The van der Waals surface area contributed by atoms with Gasteiger partial charge in [-0.3, -0.25) is 0 Å². The summed E-state index contributed by atoms with van der Waals surface area (Å²) in [5, 5.41) is 9.08. The first-order valence-electron chi connectivity index (χ1n) is 4.73. The van der Waals surface area contributed by atoms with Gasteiger partial charge in [0.15, 0.2) is 0 Å². The average Bonchev–Trinajstić information content (AvgIpc) is 2.26. The molecule has 1 unspecified atom stereocenters. The van der Waals surface area contributed by atoms with E-state index in [0.29, 0.717) is 11.3 Å². The summed E-state index contributed by atoms with van der Waals surface area (Å²) in [6, 6.07) is 5.01. The Labute approximate surface area is 108 Å². The van der Waals surface area contributed by atoms with Crippen molar-refractivity contribution < 1.29 is 19.4 Å². The molecule has 0 fully saturated rings. The number of esters is 1. The molecule has 1 rings (SSSR count). The normalized spacial score (nSPS) is 12.0. The van der Waals surface area contributed by atoms with Crippen LogP contribution in [0.3, 0.4) is 0 Å². The zero-order valence-corrected chi connectivity index (χ0v) is 11.2. The van der Waals surface area contributed by atoms with Gasteiger partial charge in [-0.25, -0.2) is 4.79 Å². The Kier molecular flexibility index (Phi) is 5.01. The van der Waals surface area contributed by atoms with E-state index >= 15 is 0 Å². The van der Waals surface area contributed by atoms with Gasteiger partial charge >= 0.3 is 5.97 Å². The molecule has 1 N–H and O–H groups in total. The second kappa shape index (κ2) is 6.05. The van der Waals surface area contributed by atoms with E-state index in [0.717, 1.165) is 3.57 Å². The molecule has 0 spiro atoms. The van der Waals surface area contributed by atoms with Gasteiger partial charge in [-0.1, -0.05) is 0 Å². The highest BCUT2D eigenvalue weighted by molar-refractivity contribution is 14.1. The summed E-state index contributed by atoms with van der Waals surface area (Å²) in [7, 11) is 1.34. The lowest BCUT2D eigenvalue weighted by molar-refractivity contribution is 0.0600. The summed E-state index contributed by atoms with van der Waals surface area (Å²) in [6.07, 6.45) is -0.518. The fourth-order valence-corrected chi connectivity index (χ4v) is 1.74. The van der Waals surface area contributed by atoms with Crippen molar-refractivity contribution in [3.8, 4) is 5.75 Å². The van der Waals surface area contributed by atoms with Crippen LogP contribution in [0.2, 0.25) is 0 Å². The van der Waals surface area contributed by atoms with Crippen LogP contribution in [-0.4, -0.2) is 30.9 Å². The molecule has 16 heavy (non-hydrogen) atoms. The first-order valence-corrected chi connectivity index (χ1v) is 5.81. The van der Waals surface area contributed by atoms with Crippen LogP contribution in [-0.2, 0) is 4.74 Å². The molecule has 1 aromatic carbocycles. The predicted octanol–water partition coefficient (Wildman–Crippen LogP) is 1.84. The monoisotopic (exact) mass is 336 g/mol. The molecule has 0 aliphatic rings. The highest BCUT2D eigenvalue weighted by Gasteiger charge is 2.09. The minimum absolute atomic E-state index is 0.230. The van der Waals surface area contributed by atoms with Crippen molar-refractivity contribution in [3.63, 3.8) is 0 Å². The molecule has 0 saturated carbocycles. The first-order chi connectivity index (χ1) is 7.54. The van der Waals surface area contributed by atoms with Gasteiger partial charge in [-0.2, -0.15) is 0 Å². The molecule has 0 aromatic heterocycles. The third-order valence-electron chi connectivity index (χ3n) is 1.83. The van der Waals surface area contributed by atoms with Gasteiger partial charge in [-0.15, -0.1) is 0 Å². The van der Waals surface area contributed by atoms with Gasteiger partial charge in [0, 0.05) is 0 Å². The summed E-state index contributed by atoms with van der Waals surface area (Å²) in [5.41, 5.74) is 0.483. The number of ether oxygens (including phenoxy) is 2. The Hall–Kier alpha value is -0.820. The number of aliphatic hydroxyl groups is 1. The maximum atomic E-state index is 11.2. The van der Waals surface area contributed by atoms with E-state index in [1.165, 1.54) is 7.11 Å². The van der Waals surface area contributed by atoms with E-state index < -0.39 is 6.10 Å². The van der Waals surface area contributed by atoms with Crippen molar-refractivity contribution in [2.75, 3.05) is 13.7 Å². The lowest BCUT2D eigenvalue weighted by Crippen LogP contribution is -2.13. The molecule has 88 valence electrons. The van der Waals surface area contributed by atoms with Gasteiger partial charge in [0.05, 0.1) is 22.3 Å². The highest BCUT2D eigenvalue weighted by atomic mass is 127. The zero-order chi connectivity index (χ0) is 12.1. The maximum absolute atomic E-state index is 11.2. The molecule has 0 bridgehead atoms. The van der Waals surface area contributed by atoms with Gasteiger partial charge in [-0.05, 0) is 47.7 Å². The summed E-state index contributed by atoms with van der Waals surface area (Å²) < 4.78 is 10.8. The van der Waals surface area contributed by atoms with Gasteiger partial charge in [0.25, 0.3) is 0 Å². The van der Waals surface area contributed by atoms with Gasteiger partial charge < -0.3 is 14.6 Å². The molecule has 0 heterocycles. The Morgan fingerprint density at radius 3 is 2.75 bits per heavy atom. The molecule has 0 saturated heterocycles. The number of aliphatic hydroxyl groups excluding tert-OH is 1. The highest BCUT2D eigenvalue weighted by Crippen LogP contribution is 2.22. The third-order valence-corrected chi connectivity index (χ3v) is 2.68. The van der Waals surface area contributed by atoms with Crippen LogP contribution >= 0.6 is 22.6 Å². The molecule has 5 heteroatoms. The number of benzene rings is 1. The van der Waals surface area contributed by atoms with Crippen LogP contribution in [0.1, 0.15) is 17.3 Å². The van der Waals surface area contributed by atoms with E-state index in [1.54, 1.807) is 25.1 Å². The maximum Gasteiger partial charge on any atom is 0.337 e. The molecule has 0 aliphatic heterocycles. The van der Waals surface area contributed by atoms with E-state index in [2.05, 4.69) is 27.3 Å². The molecule has 1 aromatic rings. The van der Waals surface area contributed by atoms with Crippen LogP contribution in [0.5, 0.6) is 5.75 Å². The molecule has 4 nitrogen and oxygen atoms in total. The van der Waals surface area contributed by atoms with Crippen LogP contribution in [0, 0.1) is 3.57 Å². The van der Waals surface area contributed by atoms with Crippen molar-refractivity contribution in [1.82, 2.24) is 0 Å². The van der Waals surface area contributed by atoms with Crippen molar-refractivity contribution in [2.45, 2.75) is 13.0 Å². The van der Waals surface area contributed by atoms with Crippen LogP contribution in [0.15, 0.2) is 18.2 Å². The van der Waals surface area contributed by atoms with E-state index in [-0.39, 0.29) is 12.6 Å². The fraction of sp³-hybridized carbons (Fsp3) is 0.364. The van der Waals surface area contributed by atoms with E-state index in [1.807, 2.05) is 0 Å². The lowest BCUT2D eigenvalue weighted by atomic mass is 10.2. The van der Waals surface area contributed by atoms with Crippen LogP contribution in [0.25, 0.3) is 0 Å². The molecular weight excluding hydrogens is 323 g/mol. The number of halogens is 1. The quantitative estimate of drug-likeness (QED) is 0.673. The number of hydrogen-bond acceptors (Lipinski definition) is 4.